The summed E-state index contributed by atoms with van der Waals surface area (Å²) in [4.78, 5) is 54.8. The van der Waals surface area contributed by atoms with Gasteiger partial charge in [-0.2, -0.15) is 11.8 Å². The zero-order valence-electron chi connectivity index (χ0n) is 20.0. The molecular weight excluding hydrogens is 470 g/mol. The van der Waals surface area contributed by atoms with Crippen molar-refractivity contribution in [3.8, 4) is 0 Å². The number of amides is 3. The highest BCUT2D eigenvalue weighted by molar-refractivity contribution is 7.98. The molecule has 2 heterocycles. The number of hydrogen-bond donors (Lipinski definition) is 5. The maximum atomic E-state index is 13.3. The number of carbonyl (C=O) groups excluding carboxylic acids is 3. The molecule has 4 atom stereocenters. The van der Waals surface area contributed by atoms with E-state index in [0.717, 1.165) is 16.5 Å². The zero-order valence-corrected chi connectivity index (χ0v) is 20.8. The molecule has 4 unspecified atom stereocenters. The van der Waals surface area contributed by atoms with Crippen LogP contribution >= 0.6 is 11.8 Å². The van der Waals surface area contributed by atoms with Crippen molar-refractivity contribution in [1.29, 1.82) is 0 Å². The van der Waals surface area contributed by atoms with Crippen molar-refractivity contribution in [2.75, 3.05) is 18.6 Å². The number of carboxylic acids is 1. The first-order chi connectivity index (χ1) is 16.7. The van der Waals surface area contributed by atoms with Gasteiger partial charge in [0.05, 0.1) is 6.04 Å². The number of nitrogens with zero attached hydrogens (tertiary/aromatic N) is 1. The standard InChI is InChI=1S/C24H33N5O5S/c1-14(23(32)29-10-5-8-20(29)24(33)34)27-22(31)19(28-21(30)17(25)9-11-35-2)12-15-13-26-18-7-4-3-6-16(15)18/h3-4,6-7,13-14,17,19-20,26H,5,8-12,25H2,1-2H3,(H,27,31)(H,28,30)(H,33,34). The first-order valence-electron chi connectivity index (χ1n) is 11.7. The molecule has 1 fully saturated rings. The van der Waals surface area contributed by atoms with E-state index < -0.39 is 47.9 Å². The largest absolute Gasteiger partial charge is 0.480 e. The molecule has 3 rings (SSSR count). The third kappa shape index (κ3) is 6.55. The number of para-hydroxylation sites is 1. The van der Waals surface area contributed by atoms with Gasteiger partial charge in [0.25, 0.3) is 0 Å². The van der Waals surface area contributed by atoms with Crippen LogP contribution < -0.4 is 16.4 Å². The topological polar surface area (TPSA) is 158 Å². The molecular formula is C24H33N5O5S. The minimum absolute atomic E-state index is 0.194. The van der Waals surface area contributed by atoms with Crippen LogP contribution in [0.5, 0.6) is 0 Å². The predicted octanol–water partition coefficient (Wildman–Crippen LogP) is 0.856. The summed E-state index contributed by atoms with van der Waals surface area (Å²) in [6.07, 6.45) is 5.35. The number of nitrogens with one attached hydrogen (secondary N) is 3. The number of nitrogens with two attached hydrogens (primary N) is 1. The van der Waals surface area contributed by atoms with Crippen LogP contribution in [0.2, 0.25) is 0 Å². The number of likely N-dealkylation sites (tertiary alicyclic amines) is 1. The fraction of sp³-hybridized carbons (Fsp3) is 0.500. The predicted molar refractivity (Wildman–Crippen MR) is 135 cm³/mol. The van der Waals surface area contributed by atoms with Crippen LogP contribution in [0.1, 0.15) is 31.7 Å². The maximum absolute atomic E-state index is 13.3. The number of aromatic nitrogens is 1. The molecule has 10 nitrogen and oxygen atoms in total. The second-order valence-corrected chi connectivity index (χ2v) is 9.76. The molecule has 1 aliphatic heterocycles. The van der Waals surface area contributed by atoms with Crippen molar-refractivity contribution in [3.63, 3.8) is 0 Å². The number of H-pyrrole nitrogens is 1. The second kappa shape index (κ2) is 12.1. The Morgan fingerprint density at radius 1 is 1.23 bits per heavy atom. The molecule has 11 heteroatoms. The molecule has 1 aromatic heterocycles. The number of thioether (sulfide) groups is 1. The first kappa shape index (κ1) is 26.6. The van der Waals surface area contributed by atoms with Crippen molar-refractivity contribution in [2.24, 2.45) is 5.73 Å². The number of carbonyl (C=O) groups is 4. The van der Waals surface area contributed by atoms with Crippen molar-refractivity contribution < 1.29 is 24.3 Å². The third-order valence-electron chi connectivity index (χ3n) is 6.25. The smallest absolute Gasteiger partial charge is 0.326 e. The fourth-order valence-electron chi connectivity index (χ4n) is 4.30. The van der Waals surface area contributed by atoms with Crippen molar-refractivity contribution in [2.45, 2.75) is 56.8 Å². The molecule has 0 bridgehead atoms. The summed E-state index contributed by atoms with van der Waals surface area (Å²) in [7, 11) is 0. The first-order valence-corrected chi connectivity index (χ1v) is 13.1. The molecule has 0 aliphatic carbocycles. The monoisotopic (exact) mass is 503 g/mol. The van der Waals surface area contributed by atoms with E-state index in [9.17, 15) is 24.3 Å². The van der Waals surface area contributed by atoms with Crippen LogP contribution in [0.15, 0.2) is 30.5 Å². The summed E-state index contributed by atoms with van der Waals surface area (Å²) in [6.45, 7) is 1.85. The van der Waals surface area contributed by atoms with Crippen LogP contribution in [-0.2, 0) is 25.6 Å². The Labute approximate surface area is 208 Å². The zero-order chi connectivity index (χ0) is 25.5. The lowest BCUT2D eigenvalue weighted by atomic mass is 10.0. The van der Waals surface area contributed by atoms with Gasteiger partial charge >= 0.3 is 5.97 Å². The van der Waals surface area contributed by atoms with Gasteiger partial charge in [-0.3, -0.25) is 14.4 Å². The highest BCUT2D eigenvalue weighted by Crippen LogP contribution is 2.20. The van der Waals surface area contributed by atoms with Gasteiger partial charge in [0, 0.05) is 30.1 Å². The molecule has 190 valence electrons. The number of rotatable bonds is 11. The SMILES string of the molecule is CSCCC(N)C(=O)NC(Cc1c[nH]c2ccccc12)C(=O)NC(C)C(=O)N1CCCC1C(=O)O. The Hall–Kier alpha value is -3.05. The third-order valence-corrected chi connectivity index (χ3v) is 6.90. The van der Waals surface area contributed by atoms with E-state index in [4.69, 9.17) is 5.73 Å². The lowest BCUT2D eigenvalue weighted by Crippen LogP contribution is -2.57. The molecule has 1 aliphatic rings. The van der Waals surface area contributed by atoms with Gasteiger partial charge in [0.2, 0.25) is 17.7 Å². The Kier molecular flexibility index (Phi) is 9.16. The fourth-order valence-corrected chi connectivity index (χ4v) is 4.79. The van der Waals surface area contributed by atoms with Crippen LogP contribution in [0, 0.1) is 0 Å². The summed E-state index contributed by atoms with van der Waals surface area (Å²) in [5.74, 6) is -1.79. The van der Waals surface area contributed by atoms with E-state index in [-0.39, 0.29) is 6.42 Å². The average molecular weight is 504 g/mol. The lowest BCUT2D eigenvalue weighted by molar-refractivity contribution is -0.149. The molecule has 0 spiro atoms. The molecule has 6 N–H and O–H groups in total. The molecule has 1 aromatic carbocycles. The summed E-state index contributed by atoms with van der Waals surface area (Å²) >= 11 is 1.58. The Bertz CT molecular complexity index is 1070. The molecule has 0 radical (unpaired) electrons. The molecule has 2 aromatic rings. The van der Waals surface area contributed by atoms with Gasteiger partial charge in [0.15, 0.2) is 0 Å². The van der Waals surface area contributed by atoms with Crippen LogP contribution in [-0.4, -0.2) is 81.4 Å². The van der Waals surface area contributed by atoms with Crippen LogP contribution in [0.3, 0.4) is 0 Å². The van der Waals surface area contributed by atoms with Gasteiger partial charge in [-0.25, -0.2) is 4.79 Å². The van der Waals surface area contributed by atoms with E-state index in [1.165, 1.54) is 11.8 Å². The molecule has 35 heavy (non-hydrogen) atoms. The van der Waals surface area contributed by atoms with E-state index >= 15 is 0 Å². The minimum atomic E-state index is -1.06. The normalized spacial score (nSPS) is 18.1. The van der Waals surface area contributed by atoms with Gasteiger partial charge in [-0.05, 0) is 49.8 Å². The van der Waals surface area contributed by atoms with Crippen molar-refractivity contribution >= 4 is 46.4 Å². The number of aliphatic carboxylic acids is 1. The van der Waals surface area contributed by atoms with E-state index in [2.05, 4.69) is 15.6 Å². The molecule has 3 amide bonds. The molecule has 0 saturated carbocycles. The number of benzene rings is 1. The Morgan fingerprint density at radius 2 is 1.97 bits per heavy atom. The lowest BCUT2D eigenvalue weighted by Gasteiger charge is -2.27. The van der Waals surface area contributed by atoms with Gasteiger partial charge in [-0.15, -0.1) is 0 Å². The average Bonchev–Trinajstić information content (AvgIpc) is 3.49. The summed E-state index contributed by atoms with van der Waals surface area (Å²) in [5.41, 5.74) is 7.75. The number of fused-ring (bicyclic) bond motifs is 1. The van der Waals surface area contributed by atoms with Crippen molar-refractivity contribution in [1.82, 2.24) is 20.5 Å². The highest BCUT2D eigenvalue weighted by atomic mass is 32.2. The Morgan fingerprint density at radius 3 is 2.69 bits per heavy atom. The van der Waals surface area contributed by atoms with Crippen LogP contribution in [0.25, 0.3) is 10.9 Å². The number of aromatic amines is 1. The van der Waals surface area contributed by atoms with Crippen molar-refractivity contribution in [3.05, 3.63) is 36.0 Å². The van der Waals surface area contributed by atoms with Crippen LogP contribution in [0.4, 0.5) is 0 Å². The Balaban J connectivity index is 1.75. The minimum Gasteiger partial charge on any atom is -0.480 e. The van der Waals surface area contributed by atoms with Gasteiger partial charge in [-0.1, -0.05) is 18.2 Å². The van der Waals surface area contributed by atoms with Gasteiger partial charge in [0.1, 0.15) is 18.1 Å². The second-order valence-electron chi connectivity index (χ2n) is 8.77. The number of carboxylic acid groups (broad SMARTS) is 1. The maximum Gasteiger partial charge on any atom is 0.326 e. The molecule has 1 saturated heterocycles. The summed E-state index contributed by atoms with van der Waals surface area (Å²) in [5, 5.41) is 15.7. The summed E-state index contributed by atoms with van der Waals surface area (Å²) in [6, 6.07) is 4.06. The van der Waals surface area contributed by atoms with E-state index in [1.807, 2.05) is 30.5 Å². The van der Waals surface area contributed by atoms with Gasteiger partial charge < -0.3 is 31.4 Å². The quantitative estimate of drug-likeness (QED) is 0.304. The number of hydrogen-bond acceptors (Lipinski definition) is 6. The van der Waals surface area contributed by atoms with E-state index in [0.29, 0.717) is 31.6 Å². The van der Waals surface area contributed by atoms with E-state index in [1.54, 1.807) is 18.0 Å². The summed E-state index contributed by atoms with van der Waals surface area (Å²) < 4.78 is 0. The highest BCUT2D eigenvalue weighted by Gasteiger charge is 2.37.